The highest BCUT2D eigenvalue weighted by molar-refractivity contribution is 5.41. The van der Waals surface area contributed by atoms with E-state index >= 15 is 0 Å². The van der Waals surface area contributed by atoms with Gasteiger partial charge in [-0.15, -0.1) is 0 Å². The van der Waals surface area contributed by atoms with Gasteiger partial charge in [-0.3, -0.25) is 0 Å². The Morgan fingerprint density at radius 3 is 2.19 bits per heavy atom. The van der Waals surface area contributed by atoms with Gasteiger partial charge in [-0.2, -0.15) is 0 Å². The van der Waals surface area contributed by atoms with E-state index in [2.05, 4.69) is 46.8 Å². The van der Waals surface area contributed by atoms with E-state index in [-0.39, 0.29) is 11.5 Å². The van der Waals surface area contributed by atoms with Gasteiger partial charge >= 0.3 is 0 Å². The summed E-state index contributed by atoms with van der Waals surface area (Å²) >= 11 is 0. The van der Waals surface area contributed by atoms with Gasteiger partial charge in [-0.05, 0) is 47.9 Å². The molecule has 16 heavy (non-hydrogen) atoms. The van der Waals surface area contributed by atoms with Crippen LogP contribution in [0.15, 0.2) is 12.1 Å². The molecule has 0 heterocycles. The van der Waals surface area contributed by atoms with Crippen LogP contribution in [0, 0.1) is 6.92 Å². The molecule has 1 rings (SSSR count). The Morgan fingerprint density at radius 2 is 1.81 bits per heavy atom. The highest BCUT2D eigenvalue weighted by Crippen LogP contribution is 2.30. The normalized spacial score (nSPS) is 13.9. The number of aliphatic hydroxyl groups is 1. The molecule has 0 aliphatic heterocycles. The van der Waals surface area contributed by atoms with E-state index in [4.69, 9.17) is 0 Å². The van der Waals surface area contributed by atoms with Crippen molar-refractivity contribution in [3.8, 4) is 0 Å². The van der Waals surface area contributed by atoms with Crippen molar-refractivity contribution in [2.45, 2.75) is 59.5 Å². The first-order chi connectivity index (χ1) is 7.27. The summed E-state index contributed by atoms with van der Waals surface area (Å²) in [7, 11) is 0. The number of rotatable bonds is 2. The molecule has 0 aromatic heterocycles. The maximum atomic E-state index is 9.81. The van der Waals surface area contributed by atoms with Crippen LogP contribution < -0.4 is 0 Å². The Labute approximate surface area is 99.5 Å². The fraction of sp³-hybridized carbons (Fsp3) is 0.600. The van der Waals surface area contributed by atoms with Gasteiger partial charge in [0.2, 0.25) is 0 Å². The van der Waals surface area contributed by atoms with Crippen LogP contribution >= 0.6 is 0 Å². The van der Waals surface area contributed by atoms with Crippen LogP contribution in [0.2, 0.25) is 0 Å². The lowest BCUT2D eigenvalue weighted by molar-refractivity contribution is 0.198. The fourth-order valence-corrected chi connectivity index (χ4v) is 2.03. The average Bonchev–Trinajstić information content (AvgIpc) is 2.15. The predicted octanol–water partition coefficient (Wildman–Crippen LogP) is 3.91. The highest BCUT2D eigenvalue weighted by Gasteiger charge is 2.18. The molecule has 1 N–H and O–H groups in total. The van der Waals surface area contributed by atoms with Gasteiger partial charge in [-0.25, -0.2) is 0 Å². The molecule has 90 valence electrons. The van der Waals surface area contributed by atoms with Crippen molar-refractivity contribution in [3.05, 3.63) is 34.4 Å². The lowest BCUT2D eigenvalue weighted by atomic mass is 9.82. The second kappa shape index (κ2) is 4.58. The second-order valence-electron chi connectivity index (χ2n) is 5.63. The van der Waals surface area contributed by atoms with E-state index in [9.17, 15) is 5.11 Å². The smallest absolute Gasteiger partial charge is 0.0764 e. The van der Waals surface area contributed by atoms with Crippen LogP contribution in [0.1, 0.15) is 63.0 Å². The molecular formula is C15H24O. The van der Waals surface area contributed by atoms with Gasteiger partial charge in [0.25, 0.3) is 0 Å². The van der Waals surface area contributed by atoms with Crippen molar-refractivity contribution in [1.29, 1.82) is 0 Å². The van der Waals surface area contributed by atoms with Crippen molar-refractivity contribution in [3.63, 3.8) is 0 Å². The maximum Gasteiger partial charge on any atom is 0.0764 e. The summed E-state index contributed by atoms with van der Waals surface area (Å²) in [6.45, 7) is 12.7. The second-order valence-corrected chi connectivity index (χ2v) is 5.63. The summed E-state index contributed by atoms with van der Waals surface area (Å²) in [4.78, 5) is 0. The van der Waals surface area contributed by atoms with Crippen molar-refractivity contribution >= 4 is 0 Å². The molecular weight excluding hydrogens is 196 g/mol. The van der Waals surface area contributed by atoms with E-state index < -0.39 is 0 Å². The highest BCUT2D eigenvalue weighted by atomic mass is 16.3. The molecule has 1 aromatic carbocycles. The number of hydrogen-bond acceptors (Lipinski definition) is 1. The van der Waals surface area contributed by atoms with Gasteiger partial charge in [0, 0.05) is 0 Å². The largest absolute Gasteiger partial charge is 0.389 e. The number of hydrogen-bond donors (Lipinski definition) is 1. The topological polar surface area (TPSA) is 20.2 Å². The minimum atomic E-state index is -0.382. The lowest BCUT2D eigenvalue weighted by Crippen LogP contribution is -2.13. The summed E-state index contributed by atoms with van der Waals surface area (Å²) in [6.07, 6.45) is 0.641. The van der Waals surface area contributed by atoms with Crippen molar-refractivity contribution in [2.75, 3.05) is 0 Å². The Bertz CT molecular complexity index is 370. The average molecular weight is 220 g/mol. The molecule has 0 saturated carbocycles. The van der Waals surface area contributed by atoms with E-state index in [1.807, 2.05) is 6.92 Å². The van der Waals surface area contributed by atoms with Gasteiger partial charge in [-0.1, -0.05) is 39.8 Å². The predicted molar refractivity (Wildman–Crippen MR) is 69.9 cm³/mol. The third-order valence-electron chi connectivity index (χ3n) is 3.25. The molecule has 0 amide bonds. The zero-order valence-electron chi connectivity index (χ0n) is 11.4. The minimum Gasteiger partial charge on any atom is -0.389 e. The standard InChI is InChI=1S/C15H24O/c1-7-12-8-13(15(4,5)6)9-14(10(12)2)11(3)16/h8-9,11,16H,7H2,1-6H3. The van der Waals surface area contributed by atoms with E-state index in [1.165, 1.54) is 16.7 Å². The van der Waals surface area contributed by atoms with Gasteiger partial charge in [0.1, 0.15) is 0 Å². The van der Waals surface area contributed by atoms with Crippen molar-refractivity contribution in [2.24, 2.45) is 0 Å². The first-order valence-corrected chi connectivity index (χ1v) is 6.09. The Kier molecular flexibility index (Phi) is 3.80. The van der Waals surface area contributed by atoms with Crippen LogP contribution in [-0.2, 0) is 11.8 Å². The summed E-state index contributed by atoms with van der Waals surface area (Å²) < 4.78 is 0. The Balaban J connectivity index is 3.40. The molecule has 0 bridgehead atoms. The third kappa shape index (κ3) is 2.65. The van der Waals surface area contributed by atoms with Crippen LogP contribution in [0.5, 0.6) is 0 Å². The first-order valence-electron chi connectivity index (χ1n) is 6.09. The maximum absolute atomic E-state index is 9.81. The molecule has 0 radical (unpaired) electrons. The summed E-state index contributed by atoms with van der Waals surface area (Å²) in [5.74, 6) is 0. The lowest BCUT2D eigenvalue weighted by Gasteiger charge is -2.23. The van der Waals surface area contributed by atoms with E-state index in [0.717, 1.165) is 12.0 Å². The fourth-order valence-electron chi connectivity index (χ4n) is 2.03. The van der Waals surface area contributed by atoms with E-state index in [0.29, 0.717) is 0 Å². The molecule has 1 aromatic rings. The third-order valence-corrected chi connectivity index (χ3v) is 3.25. The quantitative estimate of drug-likeness (QED) is 0.801. The monoisotopic (exact) mass is 220 g/mol. The molecule has 0 spiro atoms. The Morgan fingerprint density at radius 1 is 1.25 bits per heavy atom. The Hall–Kier alpha value is -0.820. The summed E-state index contributed by atoms with van der Waals surface area (Å²) in [5.41, 5.74) is 5.12. The molecule has 1 heteroatoms. The molecule has 1 unspecified atom stereocenters. The molecule has 0 saturated heterocycles. The van der Waals surface area contributed by atoms with Crippen LogP contribution in [0.4, 0.5) is 0 Å². The SMILES string of the molecule is CCc1cc(C(C)(C)C)cc(C(C)O)c1C. The molecule has 0 aliphatic carbocycles. The first kappa shape index (κ1) is 13.2. The summed E-state index contributed by atoms with van der Waals surface area (Å²) in [5, 5.41) is 9.81. The van der Waals surface area contributed by atoms with Gasteiger partial charge < -0.3 is 5.11 Å². The van der Waals surface area contributed by atoms with Crippen molar-refractivity contribution < 1.29 is 5.11 Å². The van der Waals surface area contributed by atoms with Crippen LogP contribution in [-0.4, -0.2) is 5.11 Å². The number of aliphatic hydroxyl groups excluding tert-OH is 1. The zero-order valence-corrected chi connectivity index (χ0v) is 11.4. The molecule has 0 fully saturated rings. The molecule has 0 aliphatic rings. The van der Waals surface area contributed by atoms with Crippen LogP contribution in [0.25, 0.3) is 0 Å². The van der Waals surface area contributed by atoms with Crippen LogP contribution in [0.3, 0.4) is 0 Å². The van der Waals surface area contributed by atoms with E-state index in [1.54, 1.807) is 0 Å². The van der Waals surface area contributed by atoms with Crippen molar-refractivity contribution in [1.82, 2.24) is 0 Å². The minimum absolute atomic E-state index is 0.140. The summed E-state index contributed by atoms with van der Waals surface area (Å²) in [6, 6.07) is 4.43. The van der Waals surface area contributed by atoms with Gasteiger partial charge in [0.15, 0.2) is 0 Å². The number of aryl methyl sites for hydroxylation is 1. The number of benzene rings is 1. The van der Waals surface area contributed by atoms with Gasteiger partial charge in [0.05, 0.1) is 6.10 Å². The molecule has 1 atom stereocenters. The zero-order chi connectivity index (χ0) is 12.5. The molecule has 1 nitrogen and oxygen atoms in total.